The summed E-state index contributed by atoms with van der Waals surface area (Å²) < 4.78 is 13.3. The fourth-order valence-electron chi connectivity index (χ4n) is 2.80. The van der Waals surface area contributed by atoms with Crippen molar-refractivity contribution in [2.45, 2.75) is 45.7 Å². The molecule has 1 aliphatic heterocycles. The molecule has 106 valence electrons. The number of nitrogens with zero attached hydrogens (tertiary/aromatic N) is 1. The van der Waals surface area contributed by atoms with E-state index in [9.17, 15) is 4.39 Å². The van der Waals surface area contributed by atoms with Crippen molar-refractivity contribution >= 4 is 0 Å². The van der Waals surface area contributed by atoms with Crippen molar-refractivity contribution in [3.05, 3.63) is 35.1 Å². The van der Waals surface area contributed by atoms with Gasteiger partial charge in [0.25, 0.3) is 0 Å². The van der Waals surface area contributed by atoms with E-state index in [4.69, 9.17) is 0 Å². The van der Waals surface area contributed by atoms with E-state index >= 15 is 0 Å². The highest BCUT2D eigenvalue weighted by molar-refractivity contribution is 5.23. The zero-order valence-corrected chi connectivity index (χ0v) is 12.1. The number of hydrogen-bond donors (Lipinski definition) is 1. The molecular weight excluding hydrogens is 239 g/mol. The lowest BCUT2D eigenvalue weighted by Gasteiger charge is -2.29. The summed E-state index contributed by atoms with van der Waals surface area (Å²) in [5.74, 6) is -0.138. The molecule has 0 bridgehead atoms. The Balaban J connectivity index is 1.77. The van der Waals surface area contributed by atoms with Crippen LogP contribution in [0.1, 0.15) is 37.3 Å². The van der Waals surface area contributed by atoms with Crippen molar-refractivity contribution in [3.8, 4) is 0 Å². The van der Waals surface area contributed by atoms with E-state index in [1.165, 1.54) is 32.4 Å². The van der Waals surface area contributed by atoms with Crippen molar-refractivity contribution in [2.75, 3.05) is 19.6 Å². The number of aryl methyl sites for hydroxylation is 1. The van der Waals surface area contributed by atoms with Gasteiger partial charge in [-0.05, 0) is 63.0 Å². The first-order valence-corrected chi connectivity index (χ1v) is 7.35. The SMILES string of the molecule is Cc1cc(F)cc(CNC(C)CN2CCCCC2)c1. The minimum atomic E-state index is -0.138. The van der Waals surface area contributed by atoms with Crippen LogP contribution in [0.5, 0.6) is 0 Å². The molecule has 1 atom stereocenters. The molecule has 1 aromatic rings. The largest absolute Gasteiger partial charge is 0.309 e. The average Bonchev–Trinajstić information content (AvgIpc) is 2.36. The van der Waals surface area contributed by atoms with Gasteiger partial charge in [0, 0.05) is 19.1 Å². The Morgan fingerprint density at radius 2 is 1.95 bits per heavy atom. The maximum absolute atomic E-state index is 13.3. The van der Waals surface area contributed by atoms with E-state index in [2.05, 4.69) is 17.1 Å². The summed E-state index contributed by atoms with van der Waals surface area (Å²) in [7, 11) is 0. The molecule has 1 unspecified atom stereocenters. The predicted octanol–water partition coefficient (Wildman–Crippen LogP) is 3.10. The second-order valence-electron chi connectivity index (χ2n) is 5.78. The van der Waals surface area contributed by atoms with Gasteiger partial charge in [-0.25, -0.2) is 4.39 Å². The summed E-state index contributed by atoms with van der Waals surface area (Å²) in [5.41, 5.74) is 2.02. The summed E-state index contributed by atoms with van der Waals surface area (Å²) >= 11 is 0. The molecular formula is C16H25FN2. The van der Waals surface area contributed by atoms with Gasteiger partial charge in [0.05, 0.1) is 0 Å². The van der Waals surface area contributed by atoms with Gasteiger partial charge in [-0.2, -0.15) is 0 Å². The van der Waals surface area contributed by atoms with Crippen LogP contribution in [0.3, 0.4) is 0 Å². The molecule has 0 spiro atoms. The maximum atomic E-state index is 13.3. The molecule has 3 heteroatoms. The molecule has 0 aliphatic carbocycles. The number of nitrogens with one attached hydrogen (secondary N) is 1. The van der Waals surface area contributed by atoms with Crippen LogP contribution in [0.2, 0.25) is 0 Å². The standard InChI is InChI=1S/C16H25FN2/c1-13-8-15(10-16(17)9-13)11-18-14(2)12-19-6-4-3-5-7-19/h8-10,14,18H,3-7,11-12H2,1-2H3. The second-order valence-corrected chi connectivity index (χ2v) is 5.78. The molecule has 1 saturated heterocycles. The minimum Gasteiger partial charge on any atom is -0.309 e. The number of piperidine rings is 1. The van der Waals surface area contributed by atoms with Crippen LogP contribution in [-0.4, -0.2) is 30.6 Å². The maximum Gasteiger partial charge on any atom is 0.123 e. The Morgan fingerprint density at radius 1 is 1.21 bits per heavy atom. The zero-order valence-electron chi connectivity index (χ0n) is 12.1. The monoisotopic (exact) mass is 264 g/mol. The van der Waals surface area contributed by atoms with Crippen LogP contribution in [0, 0.1) is 12.7 Å². The molecule has 0 aromatic heterocycles. The number of benzene rings is 1. The van der Waals surface area contributed by atoms with E-state index in [1.807, 2.05) is 13.0 Å². The van der Waals surface area contributed by atoms with Crippen molar-refractivity contribution in [1.29, 1.82) is 0 Å². The van der Waals surface area contributed by atoms with E-state index in [1.54, 1.807) is 12.1 Å². The first kappa shape index (κ1) is 14.5. The van der Waals surface area contributed by atoms with Gasteiger partial charge in [-0.15, -0.1) is 0 Å². The highest BCUT2D eigenvalue weighted by Gasteiger charge is 2.13. The van der Waals surface area contributed by atoms with Crippen molar-refractivity contribution < 1.29 is 4.39 Å². The highest BCUT2D eigenvalue weighted by atomic mass is 19.1. The number of rotatable bonds is 5. The van der Waals surface area contributed by atoms with Gasteiger partial charge in [0.2, 0.25) is 0 Å². The first-order chi connectivity index (χ1) is 9.13. The minimum absolute atomic E-state index is 0.138. The number of hydrogen-bond acceptors (Lipinski definition) is 2. The van der Waals surface area contributed by atoms with Crippen molar-refractivity contribution in [1.82, 2.24) is 10.2 Å². The first-order valence-electron chi connectivity index (χ1n) is 7.35. The fourth-order valence-corrected chi connectivity index (χ4v) is 2.80. The van der Waals surface area contributed by atoms with E-state index in [0.717, 1.165) is 24.2 Å². The third kappa shape index (κ3) is 4.92. The van der Waals surface area contributed by atoms with E-state index in [-0.39, 0.29) is 5.82 Å². The Kier molecular flexibility index (Phi) is 5.34. The van der Waals surface area contributed by atoms with E-state index in [0.29, 0.717) is 6.04 Å². The lowest BCUT2D eigenvalue weighted by Crippen LogP contribution is -2.41. The fraction of sp³-hybridized carbons (Fsp3) is 0.625. The van der Waals surface area contributed by atoms with Crippen LogP contribution in [0.15, 0.2) is 18.2 Å². The average molecular weight is 264 g/mol. The summed E-state index contributed by atoms with van der Waals surface area (Å²) in [6, 6.07) is 5.68. The topological polar surface area (TPSA) is 15.3 Å². The quantitative estimate of drug-likeness (QED) is 0.879. The molecule has 1 aromatic carbocycles. The van der Waals surface area contributed by atoms with Crippen LogP contribution in [0.25, 0.3) is 0 Å². The van der Waals surface area contributed by atoms with Crippen LogP contribution >= 0.6 is 0 Å². The summed E-state index contributed by atoms with van der Waals surface area (Å²) in [5, 5.41) is 3.49. The molecule has 0 saturated carbocycles. The van der Waals surface area contributed by atoms with Gasteiger partial charge in [0.1, 0.15) is 5.82 Å². The van der Waals surface area contributed by atoms with Crippen molar-refractivity contribution in [2.24, 2.45) is 0 Å². The highest BCUT2D eigenvalue weighted by Crippen LogP contribution is 2.10. The third-order valence-electron chi connectivity index (χ3n) is 3.74. The van der Waals surface area contributed by atoms with Crippen LogP contribution in [-0.2, 0) is 6.54 Å². The molecule has 1 fully saturated rings. The Hall–Kier alpha value is -0.930. The Morgan fingerprint density at radius 3 is 2.63 bits per heavy atom. The van der Waals surface area contributed by atoms with Gasteiger partial charge < -0.3 is 10.2 Å². The van der Waals surface area contributed by atoms with Crippen LogP contribution in [0.4, 0.5) is 4.39 Å². The lowest BCUT2D eigenvalue weighted by molar-refractivity contribution is 0.209. The summed E-state index contributed by atoms with van der Waals surface area (Å²) in [6.07, 6.45) is 4.03. The number of likely N-dealkylation sites (tertiary alicyclic amines) is 1. The molecule has 2 nitrogen and oxygen atoms in total. The normalized spacial score (nSPS) is 18.5. The molecule has 1 heterocycles. The molecule has 1 N–H and O–H groups in total. The molecule has 2 rings (SSSR count). The van der Waals surface area contributed by atoms with Gasteiger partial charge in [-0.3, -0.25) is 0 Å². The molecule has 1 aliphatic rings. The summed E-state index contributed by atoms with van der Waals surface area (Å²) in [6.45, 7) is 8.43. The summed E-state index contributed by atoms with van der Waals surface area (Å²) in [4.78, 5) is 2.53. The smallest absolute Gasteiger partial charge is 0.123 e. The molecule has 19 heavy (non-hydrogen) atoms. The second kappa shape index (κ2) is 7.01. The third-order valence-corrected chi connectivity index (χ3v) is 3.74. The van der Waals surface area contributed by atoms with E-state index < -0.39 is 0 Å². The Labute approximate surface area is 116 Å². The molecule has 0 amide bonds. The van der Waals surface area contributed by atoms with Crippen molar-refractivity contribution in [3.63, 3.8) is 0 Å². The zero-order chi connectivity index (χ0) is 13.7. The molecule has 0 radical (unpaired) electrons. The lowest BCUT2D eigenvalue weighted by atomic mass is 10.1. The van der Waals surface area contributed by atoms with Gasteiger partial charge >= 0.3 is 0 Å². The number of halogens is 1. The van der Waals surface area contributed by atoms with Gasteiger partial charge in [0.15, 0.2) is 0 Å². The predicted molar refractivity (Wildman–Crippen MR) is 77.7 cm³/mol. The van der Waals surface area contributed by atoms with Crippen LogP contribution < -0.4 is 5.32 Å². The Bertz CT molecular complexity index is 379. The van der Waals surface area contributed by atoms with Gasteiger partial charge in [-0.1, -0.05) is 12.5 Å².